The van der Waals surface area contributed by atoms with E-state index in [0.29, 0.717) is 35.8 Å². The normalized spacial score (nSPS) is 14.2. The van der Waals surface area contributed by atoms with Crippen LogP contribution in [0.2, 0.25) is 0 Å². The first kappa shape index (κ1) is 20.7. The topological polar surface area (TPSA) is 86.7 Å². The zero-order chi connectivity index (χ0) is 20.8. The molecule has 152 valence electrons. The van der Waals surface area contributed by atoms with Crippen molar-refractivity contribution in [1.29, 1.82) is 0 Å². The van der Waals surface area contributed by atoms with E-state index in [1.165, 1.54) is 4.90 Å². The average molecular weight is 394 g/mol. The largest absolute Gasteiger partial charge is 0.478 e. The molecule has 0 saturated carbocycles. The minimum atomic E-state index is -0.918. The van der Waals surface area contributed by atoms with Gasteiger partial charge in [0.15, 0.2) is 0 Å². The van der Waals surface area contributed by atoms with Crippen LogP contribution in [0.5, 0.6) is 0 Å². The molecule has 2 aromatic rings. The smallest absolute Gasteiger partial charge is 0.335 e. The summed E-state index contributed by atoms with van der Waals surface area (Å²) in [4.78, 5) is 36.9. The second kappa shape index (κ2) is 9.47. The second-order valence-corrected chi connectivity index (χ2v) is 7.44. The molecule has 1 unspecified atom stereocenters. The van der Waals surface area contributed by atoms with Crippen LogP contribution in [0, 0.1) is 0 Å². The molecule has 0 aromatic heterocycles. The van der Waals surface area contributed by atoms with E-state index >= 15 is 0 Å². The molecule has 0 aliphatic carbocycles. The van der Waals surface area contributed by atoms with E-state index in [4.69, 9.17) is 5.11 Å². The van der Waals surface area contributed by atoms with Gasteiger partial charge in [0.25, 0.3) is 11.8 Å². The number of unbranched alkanes of at least 4 members (excludes halogenated alkanes) is 2. The number of imide groups is 1. The van der Waals surface area contributed by atoms with Crippen molar-refractivity contribution in [2.24, 2.45) is 0 Å². The predicted octanol–water partition coefficient (Wildman–Crippen LogP) is 3.72. The number of aromatic carboxylic acids is 1. The van der Waals surface area contributed by atoms with Crippen LogP contribution >= 0.6 is 0 Å². The lowest BCUT2D eigenvalue weighted by atomic mass is 10.1. The maximum absolute atomic E-state index is 12.3. The van der Waals surface area contributed by atoms with E-state index in [9.17, 15) is 14.4 Å². The first-order valence-electron chi connectivity index (χ1n) is 9.98. The Morgan fingerprint density at radius 1 is 0.966 bits per heavy atom. The Bertz CT molecular complexity index is 857. The molecule has 0 bridgehead atoms. The van der Waals surface area contributed by atoms with Gasteiger partial charge in [0.1, 0.15) is 0 Å². The van der Waals surface area contributed by atoms with Crippen LogP contribution in [0.15, 0.2) is 48.5 Å². The van der Waals surface area contributed by atoms with E-state index in [1.54, 1.807) is 36.4 Å². The fraction of sp³-hybridized carbons (Fsp3) is 0.348. The highest BCUT2D eigenvalue weighted by atomic mass is 16.4. The number of rotatable bonds is 10. The van der Waals surface area contributed by atoms with E-state index in [1.807, 2.05) is 12.1 Å². The van der Waals surface area contributed by atoms with Gasteiger partial charge in [0, 0.05) is 19.1 Å². The second-order valence-electron chi connectivity index (χ2n) is 7.44. The number of carbonyl (C=O) groups excluding carboxylic acids is 2. The molecule has 0 saturated heterocycles. The molecule has 0 spiro atoms. The summed E-state index contributed by atoms with van der Waals surface area (Å²) in [6.45, 7) is 3.27. The molecule has 6 heteroatoms. The van der Waals surface area contributed by atoms with Crippen LogP contribution in [-0.4, -0.2) is 40.4 Å². The molecule has 6 nitrogen and oxygen atoms in total. The molecule has 1 aliphatic heterocycles. The van der Waals surface area contributed by atoms with Crippen molar-refractivity contribution in [2.75, 3.05) is 6.54 Å². The van der Waals surface area contributed by atoms with Crippen molar-refractivity contribution in [2.45, 2.75) is 45.2 Å². The van der Waals surface area contributed by atoms with Crippen molar-refractivity contribution in [3.63, 3.8) is 0 Å². The molecule has 3 rings (SSSR count). The molecule has 29 heavy (non-hydrogen) atoms. The van der Waals surface area contributed by atoms with E-state index in [-0.39, 0.29) is 11.8 Å². The highest BCUT2D eigenvalue weighted by molar-refractivity contribution is 6.21. The number of nitrogens with zero attached hydrogens (tertiary/aromatic N) is 1. The van der Waals surface area contributed by atoms with E-state index in [2.05, 4.69) is 12.2 Å². The molecule has 2 aromatic carbocycles. The summed E-state index contributed by atoms with van der Waals surface area (Å²) in [5.41, 5.74) is 2.35. The maximum Gasteiger partial charge on any atom is 0.335 e. The zero-order valence-corrected chi connectivity index (χ0v) is 16.6. The quantitative estimate of drug-likeness (QED) is 0.474. The number of hydrogen-bond donors (Lipinski definition) is 2. The summed E-state index contributed by atoms with van der Waals surface area (Å²) < 4.78 is 0. The minimum Gasteiger partial charge on any atom is -0.478 e. The van der Waals surface area contributed by atoms with Gasteiger partial charge in [-0.2, -0.15) is 0 Å². The van der Waals surface area contributed by atoms with E-state index in [0.717, 1.165) is 31.2 Å². The van der Waals surface area contributed by atoms with Gasteiger partial charge in [-0.05, 0) is 49.6 Å². The Morgan fingerprint density at radius 2 is 1.59 bits per heavy atom. The van der Waals surface area contributed by atoms with Crippen molar-refractivity contribution in [3.05, 3.63) is 70.8 Å². The Morgan fingerprint density at radius 3 is 2.17 bits per heavy atom. The summed E-state index contributed by atoms with van der Waals surface area (Å²) in [7, 11) is 0. The average Bonchev–Trinajstić information content (AvgIpc) is 2.97. The third-order valence-corrected chi connectivity index (χ3v) is 5.25. The number of hydrogen-bond acceptors (Lipinski definition) is 4. The van der Waals surface area contributed by atoms with Crippen molar-refractivity contribution < 1.29 is 19.5 Å². The predicted molar refractivity (Wildman–Crippen MR) is 110 cm³/mol. The highest BCUT2D eigenvalue weighted by Crippen LogP contribution is 2.22. The summed E-state index contributed by atoms with van der Waals surface area (Å²) in [6.07, 6.45) is 3.76. The number of fused-ring (bicyclic) bond motifs is 1. The van der Waals surface area contributed by atoms with Gasteiger partial charge in [0.2, 0.25) is 0 Å². The SMILES string of the molecule is CC(CCCCCN1C(=O)c2ccccc2C1=O)NCc1ccc(C(=O)O)cc1. The fourth-order valence-corrected chi connectivity index (χ4v) is 3.50. The highest BCUT2D eigenvalue weighted by Gasteiger charge is 2.34. The van der Waals surface area contributed by atoms with Crippen molar-refractivity contribution >= 4 is 17.8 Å². The third-order valence-electron chi connectivity index (χ3n) is 5.25. The Hall–Kier alpha value is -2.99. The van der Waals surface area contributed by atoms with Gasteiger partial charge in [-0.1, -0.05) is 37.1 Å². The molecular formula is C23H26N2O4. The number of carboxylic acid groups (broad SMARTS) is 1. The van der Waals surface area contributed by atoms with Gasteiger partial charge in [-0.15, -0.1) is 0 Å². The van der Waals surface area contributed by atoms with Gasteiger partial charge in [0.05, 0.1) is 16.7 Å². The number of carboxylic acids is 1. The standard InChI is InChI=1S/C23H26N2O4/c1-16(24-15-17-10-12-18(13-11-17)23(28)29)7-3-2-6-14-25-21(26)19-8-4-5-9-20(19)22(25)27/h4-5,8-13,16,24H,2-3,6-7,14-15H2,1H3,(H,28,29). The maximum atomic E-state index is 12.3. The molecule has 0 radical (unpaired) electrons. The lowest BCUT2D eigenvalue weighted by Gasteiger charge is -2.15. The fourth-order valence-electron chi connectivity index (χ4n) is 3.50. The monoisotopic (exact) mass is 394 g/mol. The van der Waals surface area contributed by atoms with E-state index < -0.39 is 5.97 Å². The Labute approximate surface area is 170 Å². The van der Waals surface area contributed by atoms with Crippen LogP contribution < -0.4 is 5.32 Å². The molecule has 1 atom stereocenters. The molecule has 2 N–H and O–H groups in total. The van der Waals surface area contributed by atoms with Crippen LogP contribution in [-0.2, 0) is 6.54 Å². The van der Waals surface area contributed by atoms with Gasteiger partial charge in [-0.3, -0.25) is 14.5 Å². The number of benzene rings is 2. The lowest BCUT2D eigenvalue weighted by molar-refractivity contribution is 0.0648. The van der Waals surface area contributed by atoms with Crippen molar-refractivity contribution in [3.8, 4) is 0 Å². The first-order valence-corrected chi connectivity index (χ1v) is 9.98. The van der Waals surface area contributed by atoms with Crippen LogP contribution in [0.1, 0.15) is 69.2 Å². The molecule has 0 fully saturated rings. The Balaban J connectivity index is 1.33. The van der Waals surface area contributed by atoms with Gasteiger partial charge in [-0.25, -0.2) is 4.79 Å². The molecule has 1 aliphatic rings. The molecule has 2 amide bonds. The van der Waals surface area contributed by atoms with Crippen molar-refractivity contribution in [1.82, 2.24) is 10.2 Å². The minimum absolute atomic E-state index is 0.186. The van der Waals surface area contributed by atoms with Gasteiger partial charge < -0.3 is 10.4 Å². The molecule has 1 heterocycles. The Kier molecular flexibility index (Phi) is 6.77. The third kappa shape index (κ3) is 5.09. The summed E-state index contributed by atoms with van der Waals surface area (Å²) in [5.74, 6) is -1.29. The van der Waals surface area contributed by atoms with Gasteiger partial charge >= 0.3 is 5.97 Å². The zero-order valence-electron chi connectivity index (χ0n) is 16.6. The van der Waals surface area contributed by atoms with Crippen LogP contribution in [0.25, 0.3) is 0 Å². The number of amides is 2. The summed E-state index contributed by atoms with van der Waals surface area (Å²) in [6, 6.07) is 14.2. The molecular weight excluding hydrogens is 368 g/mol. The number of nitrogens with one attached hydrogen (secondary N) is 1. The lowest BCUT2D eigenvalue weighted by Crippen LogP contribution is -2.30. The summed E-state index contributed by atoms with van der Waals surface area (Å²) >= 11 is 0. The van der Waals surface area contributed by atoms with Crippen LogP contribution in [0.4, 0.5) is 0 Å². The van der Waals surface area contributed by atoms with Crippen LogP contribution in [0.3, 0.4) is 0 Å². The first-order chi connectivity index (χ1) is 14.0. The summed E-state index contributed by atoms with van der Waals surface area (Å²) in [5, 5.41) is 12.4. The number of carbonyl (C=O) groups is 3.